The Balaban J connectivity index is 1.38. The maximum Gasteiger partial charge on any atom is 0.796 e. The van der Waals surface area contributed by atoms with Crippen LogP contribution >= 0.6 is 0 Å². The summed E-state index contributed by atoms with van der Waals surface area (Å²) in [4.78, 5) is 42.7. The lowest BCUT2D eigenvalue weighted by molar-refractivity contribution is 0.104. The summed E-state index contributed by atoms with van der Waals surface area (Å²) in [6, 6.07) is 9.44. The summed E-state index contributed by atoms with van der Waals surface area (Å²) in [5, 5.41) is 0.186. The topological polar surface area (TPSA) is 112 Å². The van der Waals surface area contributed by atoms with Gasteiger partial charge in [-0.05, 0) is 64.1 Å². The van der Waals surface area contributed by atoms with E-state index in [1.165, 1.54) is 42.5 Å². The molecule has 0 saturated heterocycles. The van der Waals surface area contributed by atoms with Crippen LogP contribution in [0.2, 0.25) is 0 Å². The SMILES string of the molecule is CCN(CC)c1ccc2c(OB(F)F)c(C(=O)/C=C/C=C/C=C/C=C3\O[B-](F)(F)Oc4c3c(=O)oc3cc(N(CC)CC)ccc43)c(=O)oc2c1. The lowest BCUT2D eigenvalue weighted by atomic mass is 10.0. The number of ketones is 1. The van der Waals surface area contributed by atoms with Crippen LogP contribution in [-0.4, -0.2) is 46.5 Å². The summed E-state index contributed by atoms with van der Waals surface area (Å²) >= 11 is 0. The van der Waals surface area contributed by atoms with Gasteiger partial charge in [0, 0.05) is 49.7 Å². The van der Waals surface area contributed by atoms with Crippen LogP contribution in [0.25, 0.3) is 27.7 Å². The van der Waals surface area contributed by atoms with Gasteiger partial charge in [0.1, 0.15) is 33.8 Å². The van der Waals surface area contributed by atoms with Crippen molar-refractivity contribution in [2.24, 2.45) is 0 Å². The predicted molar refractivity (Wildman–Crippen MR) is 190 cm³/mol. The van der Waals surface area contributed by atoms with Crippen LogP contribution < -0.4 is 30.4 Å². The molecule has 10 nitrogen and oxygen atoms in total. The highest BCUT2D eigenvalue weighted by molar-refractivity contribution is 6.54. The fourth-order valence-electron chi connectivity index (χ4n) is 5.70. The molecule has 0 N–H and O–H groups in total. The first-order valence-corrected chi connectivity index (χ1v) is 16.2. The van der Waals surface area contributed by atoms with Crippen molar-refractivity contribution in [2.75, 3.05) is 36.0 Å². The summed E-state index contributed by atoms with van der Waals surface area (Å²) in [6.07, 6.45) is 8.74. The molecule has 0 saturated carbocycles. The number of allylic oxidation sites excluding steroid dienone is 7. The Morgan fingerprint density at radius 2 is 1.33 bits per heavy atom. The number of hydrogen-bond acceptors (Lipinski definition) is 10. The first kappa shape index (κ1) is 36.6. The van der Waals surface area contributed by atoms with Gasteiger partial charge in [0.15, 0.2) is 5.78 Å². The number of rotatable bonds is 13. The predicted octanol–water partition coefficient (Wildman–Crippen LogP) is 7.57. The summed E-state index contributed by atoms with van der Waals surface area (Å²) in [6.45, 7) is 10.4. The fraction of sp³-hybridized carbons (Fsp3) is 0.229. The van der Waals surface area contributed by atoms with Crippen molar-refractivity contribution >= 4 is 59.4 Å². The highest BCUT2D eigenvalue weighted by Crippen LogP contribution is 2.41. The van der Waals surface area contributed by atoms with Crippen molar-refractivity contribution in [1.29, 1.82) is 0 Å². The fourth-order valence-corrected chi connectivity index (χ4v) is 5.70. The van der Waals surface area contributed by atoms with Crippen molar-refractivity contribution in [3.05, 3.63) is 111 Å². The molecule has 5 rings (SSSR count). The number of carbonyl (C=O) groups is 1. The van der Waals surface area contributed by atoms with Crippen molar-refractivity contribution in [2.45, 2.75) is 27.7 Å². The van der Waals surface area contributed by atoms with E-state index in [-0.39, 0.29) is 33.3 Å². The van der Waals surface area contributed by atoms with E-state index in [0.717, 1.165) is 17.8 Å². The van der Waals surface area contributed by atoms with E-state index in [4.69, 9.17) is 18.1 Å². The summed E-state index contributed by atoms with van der Waals surface area (Å²) in [7, 11) is -8.14. The Hall–Kier alpha value is -5.66. The highest BCUT2D eigenvalue weighted by atomic mass is 19.3. The van der Waals surface area contributed by atoms with Crippen LogP contribution in [0.3, 0.4) is 0 Å². The second kappa shape index (κ2) is 15.5. The molecule has 0 amide bonds. The molecule has 51 heavy (non-hydrogen) atoms. The van der Waals surface area contributed by atoms with Crippen LogP contribution in [0.5, 0.6) is 11.5 Å². The van der Waals surface area contributed by atoms with Crippen molar-refractivity contribution in [3.8, 4) is 11.5 Å². The lowest BCUT2D eigenvalue weighted by Crippen LogP contribution is -2.40. The van der Waals surface area contributed by atoms with E-state index < -0.39 is 48.7 Å². The van der Waals surface area contributed by atoms with Gasteiger partial charge in [-0.1, -0.05) is 30.4 Å². The molecular weight excluding hydrogens is 674 g/mol. The Morgan fingerprint density at radius 3 is 1.94 bits per heavy atom. The smallest absolute Gasteiger partial charge is 0.627 e. The Morgan fingerprint density at radius 1 is 0.784 bits per heavy atom. The van der Waals surface area contributed by atoms with Crippen molar-refractivity contribution < 1.29 is 44.9 Å². The third kappa shape index (κ3) is 7.89. The zero-order valence-electron chi connectivity index (χ0n) is 28.2. The number of hydrogen-bond donors (Lipinski definition) is 0. The number of fused-ring (bicyclic) bond motifs is 4. The van der Waals surface area contributed by atoms with Gasteiger partial charge in [-0.25, -0.2) is 18.2 Å². The second-order valence-electron chi connectivity index (χ2n) is 11.1. The first-order valence-electron chi connectivity index (χ1n) is 16.2. The molecule has 0 atom stereocenters. The quantitative estimate of drug-likeness (QED) is 0.0345. The largest absolute Gasteiger partial charge is 0.796 e. The van der Waals surface area contributed by atoms with E-state index in [1.54, 1.807) is 24.3 Å². The molecule has 0 spiro atoms. The molecule has 0 bridgehead atoms. The Bertz CT molecular complexity index is 2190. The molecule has 1 aliphatic heterocycles. The molecule has 0 aliphatic carbocycles. The molecule has 16 heteroatoms. The summed E-state index contributed by atoms with van der Waals surface area (Å²) in [5.74, 6) is -2.40. The molecule has 0 fully saturated rings. The molecule has 3 heterocycles. The summed E-state index contributed by atoms with van der Waals surface area (Å²) in [5.41, 5.74) is -1.63. The minimum absolute atomic E-state index is 0.0179. The number of carbonyl (C=O) groups excluding carboxylic acids is 1. The second-order valence-corrected chi connectivity index (χ2v) is 11.1. The van der Waals surface area contributed by atoms with Gasteiger partial charge in [-0.2, -0.15) is 0 Å². The Labute approximate surface area is 290 Å². The van der Waals surface area contributed by atoms with Crippen LogP contribution in [0.1, 0.15) is 43.6 Å². The first-order chi connectivity index (χ1) is 24.4. The van der Waals surface area contributed by atoms with Gasteiger partial charge < -0.3 is 41.2 Å². The maximum atomic E-state index is 14.6. The van der Waals surface area contributed by atoms with Crippen molar-refractivity contribution in [3.63, 3.8) is 0 Å². The van der Waals surface area contributed by atoms with Crippen molar-refractivity contribution in [1.82, 2.24) is 0 Å². The average molecular weight is 707 g/mol. The van der Waals surface area contributed by atoms with E-state index in [9.17, 15) is 31.6 Å². The standard InChI is InChI=1S/C35H33B2F4N2O8/c1-5-42(6-2)22-16-18-24-28(20-22)47-34(45)30(32(24)49-36(38)39)26(44)14-12-10-9-11-13-15-27-31-33(51-37(40,41)50-27)25-19-17-23(43(7-3)8-4)21-29(25)48-35(31)46/h9-21H,5-8H2,1-4H3/q-1/b10-9+,13-11+,14-12+,27-15-. The minimum atomic E-state index is -4.82. The number of nitrogens with zero attached hydrogens (tertiary/aromatic N) is 2. The summed E-state index contributed by atoms with van der Waals surface area (Å²) < 4.78 is 80.9. The molecule has 2 aromatic carbocycles. The normalized spacial score (nSPS) is 14.7. The van der Waals surface area contributed by atoms with E-state index in [0.29, 0.717) is 31.9 Å². The van der Waals surface area contributed by atoms with Gasteiger partial charge >= 0.3 is 25.8 Å². The van der Waals surface area contributed by atoms with Gasteiger partial charge in [-0.15, -0.1) is 0 Å². The molecular formula is C35H33B2F4N2O8-. The zero-order valence-corrected chi connectivity index (χ0v) is 28.2. The third-order valence-electron chi connectivity index (χ3n) is 8.10. The van der Waals surface area contributed by atoms with E-state index >= 15 is 0 Å². The average Bonchev–Trinajstić information content (AvgIpc) is 3.07. The van der Waals surface area contributed by atoms with Gasteiger partial charge in [0.2, 0.25) is 0 Å². The van der Waals surface area contributed by atoms with E-state index in [1.807, 2.05) is 37.5 Å². The molecule has 0 radical (unpaired) electrons. The number of anilines is 2. The Kier molecular flexibility index (Phi) is 11.1. The molecule has 0 unspecified atom stereocenters. The maximum absolute atomic E-state index is 14.6. The van der Waals surface area contributed by atoms with Crippen LogP contribution in [-0.2, 0) is 4.65 Å². The van der Waals surface area contributed by atoms with Crippen LogP contribution in [0.15, 0.2) is 97.4 Å². The van der Waals surface area contributed by atoms with E-state index in [2.05, 4.69) is 4.65 Å². The molecule has 1 aliphatic rings. The van der Waals surface area contributed by atoms with Gasteiger partial charge in [0.25, 0.3) is 0 Å². The monoisotopic (exact) mass is 707 g/mol. The number of halogens is 4. The third-order valence-corrected chi connectivity index (χ3v) is 8.10. The molecule has 266 valence electrons. The highest BCUT2D eigenvalue weighted by Gasteiger charge is 2.41. The van der Waals surface area contributed by atoms with Crippen LogP contribution in [0, 0.1) is 0 Å². The molecule has 4 aromatic rings. The van der Waals surface area contributed by atoms with Crippen LogP contribution in [0.4, 0.5) is 28.6 Å². The lowest BCUT2D eigenvalue weighted by Gasteiger charge is -2.35. The van der Waals surface area contributed by atoms with Gasteiger partial charge in [0.05, 0.1) is 16.5 Å². The number of benzene rings is 2. The minimum Gasteiger partial charge on any atom is -0.627 e. The molecule has 2 aromatic heterocycles. The van der Waals surface area contributed by atoms with Gasteiger partial charge in [-0.3, -0.25) is 4.79 Å². The zero-order chi connectivity index (χ0) is 36.9.